The van der Waals surface area contributed by atoms with Gasteiger partial charge in [-0.3, -0.25) is 0 Å². The van der Waals surface area contributed by atoms with Crippen LogP contribution in [0.4, 0.5) is 8.78 Å². The van der Waals surface area contributed by atoms with Gasteiger partial charge in [0.2, 0.25) is 0 Å². The first-order chi connectivity index (χ1) is 6.82. The number of hydrogen-bond donors (Lipinski definition) is 1. The van der Waals surface area contributed by atoms with Gasteiger partial charge < -0.3 is 5.11 Å². The van der Waals surface area contributed by atoms with E-state index in [9.17, 15) is 22.3 Å². The van der Waals surface area contributed by atoms with Crippen LogP contribution in [0.2, 0.25) is 0 Å². The Hall–Kier alpha value is -0.230. The van der Waals surface area contributed by atoms with Crippen LogP contribution in [-0.4, -0.2) is 37.6 Å². The lowest BCUT2D eigenvalue weighted by Crippen LogP contribution is -2.36. The Morgan fingerprint density at radius 2 is 1.93 bits per heavy atom. The summed E-state index contributed by atoms with van der Waals surface area (Å²) in [5, 5.41) is 8.62. The van der Waals surface area contributed by atoms with Gasteiger partial charge in [0, 0.05) is 6.26 Å². The Morgan fingerprint density at radius 3 is 2.40 bits per heavy atom. The van der Waals surface area contributed by atoms with Crippen LogP contribution in [0.5, 0.6) is 0 Å². The molecule has 1 saturated carbocycles. The molecule has 3 unspecified atom stereocenters. The van der Waals surface area contributed by atoms with E-state index in [2.05, 4.69) is 0 Å². The van der Waals surface area contributed by atoms with Gasteiger partial charge in [-0.1, -0.05) is 6.42 Å². The van der Waals surface area contributed by atoms with Crippen molar-refractivity contribution in [3.05, 3.63) is 0 Å². The summed E-state index contributed by atoms with van der Waals surface area (Å²) in [6, 6.07) is 0. The highest BCUT2D eigenvalue weighted by Gasteiger charge is 2.35. The maximum absolute atomic E-state index is 12.2. The molecule has 0 radical (unpaired) electrons. The number of aliphatic hydroxyl groups excluding tert-OH is 1. The second kappa shape index (κ2) is 4.74. The van der Waals surface area contributed by atoms with Crippen molar-refractivity contribution in [1.82, 2.24) is 0 Å². The van der Waals surface area contributed by atoms with E-state index in [4.69, 9.17) is 0 Å². The number of halogens is 2. The van der Waals surface area contributed by atoms with Gasteiger partial charge >= 0.3 is 0 Å². The minimum atomic E-state index is -3.17. The largest absolute Gasteiger partial charge is 0.387 e. The van der Waals surface area contributed by atoms with Crippen LogP contribution < -0.4 is 0 Å². The van der Waals surface area contributed by atoms with Crippen LogP contribution in [-0.2, 0) is 9.84 Å². The van der Waals surface area contributed by atoms with E-state index in [1.165, 1.54) is 0 Å². The molecule has 0 spiro atoms. The minimum Gasteiger partial charge on any atom is -0.387 e. The van der Waals surface area contributed by atoms with Gasteiger partial charge in [0.15, 0.2) is 0 Å². The smallest absolute Gasteiger partial charge is 0.264 e. The Labute approximate surface area is 88.4 Å². The lowest BCUT2D eigenvalue weighted by Gasteiger charge is -2.30. The number of hydrogen-bond acceptors (Lipinski definition) is 3. The van der Waals surface area contributed by atoms with Gasteiger partial charge in [0.1, 0.15) is 15.9 Å². The number of alkyl halides is 2. The molecule has 3 nitrogen and oxygen atoms in total. The van der Waals surface area contributed by atoms with E-state index in [0.717, 1.165) is 6.26 Å². The highest BCUT2D eigenvalue weighted by Crippen LogP contribution is 2.32. The maximum Gasteiger partial charge on any atom is 0.264 e. The van der Waals surface area contributed by atoms with Crippen molar-refractivity contribution in [1.29, 1.82) is 0 Å². The molecule has 0 aliphatic heterocycles. The molecule has 6 heteroatoms. The Bertz CT molecular complexity index is 302. The quantitative estimate of drug-likeness (QED) is 0.809. The lowest BCUT2D eigenvalue weighted by molar-refractivity contribution is -0.0468. The van der Waals surface area contributed by atoms with E-state index < -0.39 is 33.5 Å². The highest BCUT2D eigenvalue weighted by molar-refractivity contribution is 7.91. The lowest BCUT2D eigenvalue weighted by atomic mass is 9.85. The molecule has 1 N–H and O–H groups in total. The third-order valence-corrected chi connectivity index (χ3v) is 4.65. The summed E-state index contributed by atoms with van der Waals surface area (Å²) in [5.74, 6) is -0.585. The molecule has 0 aromatic carbocycles. The van der Waals surface area contributed by atoms with Crippen molar-refractivity contribution in [2.45, 2.75) is 43.5 Å². The summed E-state index contributed by atoms with van der Waals surface area (Å²) < 4.78 is 47.0. The maximum atomic E-state index is 12.2. The van der Waals surface area contributed by atoms with Crippen molar-refractivity contribution in [2.75, 3.05) is 6.26 Å². The summed E-state index contributed by atoms with van der Waals surface area (Å²) in [4.78, 5) is 0. The number of aliphatic hydroxyl groups is 1. The van der Waals surface area contributed by atoms with E-state index in [0.29, 0.717) is 19.3 Å². The molecule has 1 rings (SSSR count). The fourth-order valence-electron chi connectivity index (χ4n) is 2.09. The van der Waals surface area contributed by atoms with Crippen LogP contribution in [0.1, 0.15) is 25.7 Å². The monoisotopic (exact) mass is 242 g/mol. The van der Waals surface area contributed by atoms with Gasteiger partial charge in [0.05, 0.1) is 5.25 Å². The molecular weight excluding hydrogens is 226 g/mol. The summed E-state index contributed by atoms with van der Waals surface area (Å²) in [6.07, 6.45) is -1.60. The molecule has 0 aromatic heterocycles. The first-order valence-electron chi connectivity index (χ1n) is 4.97. The fourth-order valence-corrected chi connectivity index (χ4v) is 3.28. The third kappa shape index (κ3) is 3.38. The zero-order valence-electron chi connectivity index (χ0n) is 8.57. The molecule has 1 aliphatic carbocycles. The van der Waals surface area contributed by atoms with E-state index in [1.807, 2.05) is 0 Å². The Kier molecular flexibility index (Phi) is 4.06. The average molecular weight is 242 g/mol. The molecule has 0 bridgehead atoms. The molecule has 0 aromatic rings. The standard InChI is InChI=1S/C9H16F2O3S/c1-15(13,14)7-4-2-3-6(5-7)8(12)9(10)11/h6-9,12H,2-5H2,1H3. The molecule has 90 valence electrons. The van der Waals surface area contributed by atoms with Crippen LogP contribution in [0.25, 0.3) is 0 Å². The third-order valence-electron chi connectivity index (χ3n) is 3.01. The van der Waals surface area contributed by atoms with Gasteiger partial charge in [-0.2, -0.15) is 0 Å². The molecular formula is C9H16F2O3S. The predicted octanol–water partition coefficient (Wildman–Crippen LogP) is 1.22. The van der Waals surface area contributed by atoms with Crippen LogP contribution in [0.3, 0.4) is 0 Å². The van der Waals surface area contributed by atoms with Crippen molar-refractivity contribution in [3.63, 3.8) is 0 Å². The molecule has 0 amide bonds. The van der Waals surface area contributed by atoms with E-state index in [-0.39, 0.29) is 6.42 Å². The second-order valence-corrected chi connectivity index (χ2v) is 6.53. The Morgan fingerprint density at radius 1 is 1.33 bits per heavy atom. The number of rotatable bonds is 3. The predicted molar refractivity (Wildman–Crippen MR) is 52.6 cm³/mol. The molecule has 1 aliphatic rings. The Balaban J connectivity index is 2.64. The van der Waals surface area contributed by atoms with Crippen LogP contribution in [0, 0.1) is 5.92 Å². The average Bonchev–Trinajstić information content (AvgIpc) is 2.15. The van der Waals surface area contributed by atoms with Gasteiger partial charge in [0.25, 0.3) is 6.43 Å². The van der Waals surface area contributed by atoms with Gasteiger partial charge in [-0.05, 0) is 25.2 Å². The zero-order valence-corrected chi connectivity index (χ0v) is 9.38. The minimum absolute atomic E-state index is 0.157. The molecule has 3 atom stereocenters. The summed E-state index contributed by atoms with van der Waals surface area (Å²) in [5.41, 5.74) is 0. The molecule has 0 heterocycles. The molecule has 1 fully saturated rings. The molecule has 15 heavy (non-hydrogen) atoms. The summed E-state index contributed by atoms with van der Waals surface area (Å²) >= 11 is 0. The van der Waals surface area contributed by atoms with Crippen LogP contribution in [0.15, 0.2) is 0 Å². The van der Waals surface area contributed by atoms with Crippen molar-refractivity contribution in [2.24, 2.45) is 5.92 Å². The highest BCUT2D eigenvalue weighted by atomic mass is 32.2. The fraction of sp³-hybridized carbons (Fsp3) is 1.00. The van der Waals surface area contributed by atoms with E-state index >= 15 is 0 Å². The summed E-state index contributed by atoms with van der Waals surface area (Å²) in [7, 11) is -3.17. The first-order valence-corrected chi connectivity index (χ1v) is 6.93. The van der Waals surface area contributed by atoms with Crippen molar-refractivity contribution in [3.8, 4) is 0 Å². The van der Waals surface area contributed by atoms with Gasteiger partial charge in [-0.25, -0.2) is 17.2 Å². The zero-order chi connectivity index (χ0) is 11.6. The first kappa shape index (κ1) is 12.8. The number of sulfone groups is 1. The SMILES string of the molecule is CS(=O)(=O)C1CCCC(C(O)C(F)F)C1. The topological polar surface area (TPSA) is 54.4 Å². The normalized spacial score (nSPS) is 30.5. The summed E-state index contributed by atoms with van der Waals surface area (Å²) in [6.45, 7) is 0. The molecule has 0 saturated heterocycles. The van der Waals surface area contributed by atoms with Crippen molar-refractivity contribution >= 4 is 9.84 Å². The van der Waals surface area contributed by atoms with Gasteiger partial charge in [-0.15, -0.1) is 0 Å². The van der Waals surface area contributed by atoms with Crippen molar-refractivity contribution < 1.29 is 22.3 Å². The van der Waals surface area contributed by atoms with E-state index in [1.54, 1.807) is 0 Å². The van der Waals surface area contributed by atoms with Crippen LogP contribution >= 0.6 is 0 Å². The second-order valence-electron chi connectivity index (χ2n) is 4.20.